The second-order valence-corrected chi connectivity index (χ2v) is 3.49. The summed E-state index contributed by atoms with van der Waals surface area (Å²) in [4.78, 5) is 0. The molecule has 1 heterocycles. The third kappa shape index (κ3) is 2.61. The average Bonchev–Trinajstić information content (AvgIpc) is 2.29. The number of benzene rings is 1. The lowest BCUT2D eigenvalue weighted by Crippen LogP contribution is -2.16. The summed E-state index contributed by atoms with van der Waals surface area (Å²) in [6.07, 6.45) is 3.67. The molecule has 0 radical (unpaired) electrons. The Labute approximate surface area is 85.1 Å². The Kier molecular flexibility index (Phi) is 3.21. The van der Waals surface area contributed by atoms with Crippen LogP contribution in [-0.4, -0.2) is 12.7 Å². The number of hydrogen-bond acceptors (Lipinski definition) is 1. The Morgan fingerprint density at radius 3 is 2.71 bits per heavy atom. The van der Waals surface area contributed by atoms with Gasteiger partial charge in [0.25, 0.3) is 0 Å². The van der Waals surface area contributed by atoms with Crippen molar-refractivity contribution in [3.05, 3.63) is 35.9 Å². The predicted octanol–water partition coefficient (Wildman–Crippen LogP) is 2.61. The molecule has 14 heavy (non-hydrogen) atoms. The average molecular weight is 186 g/mol. The van der Waals surface area contributed by atoms with Gasteiger partial charge in [-0.25, -0.2) is 0 Å². The zero-order valence-electron chi connectivity index (χ0n) is 8.20. The normalized spacial score (nSPS) is 21.0. The highest BCUT2D eigenvalue weighted by Crippen LogP contribution is 2.11. The van der Waals surface area contributed by atoms with E-state index in [1.165, 1.54) is 12.8 Å². The minimum Gasteiger partial charge on any atom is -0.366 e. The fourth-order valence-electron chi connectivity index (χ4n) is 1.54. The summed E-state index contributed by atoms with van der Waals surface area (Å²) in [5.74, 6) is 6.30. The van der Waals surface area contributed by atoms with Crippen LogP contribution in [0.3, 0.4) is 0 Å². The van der Waals surface area contributed by atoms with Gasteiger partial charge in [-0.2, -0.15) is 0 Å². The largest absolute Gasteiger partial charge is 0.366 e. The first kappa shape index (κ1) is 9.30. The van der Waals surface area contributed by atoms with Gasteiger partial charge < -0.3 is 4.74 Å². The van der Waals surface area contributed by atoms with Gasteiger partial charge in [-0.3, -0.25) is 0 Å². The van der Waals surface area contributed by atoms with Crippen LogP contribution in [0.4, 0.5) is 0 Å². The zero-order valence-corrected chi connectivity index (χ0v) is 8.20. The highest BCUT2D eigenvalue weighted by Gasteiger charge is 2.09. The summed E-state index contributed by atoms with van der Waals surface area (Å²) in [5.41, 5.74) is 1.07. The zero-order chi connectivity index (χ0) is 9.64. The summed E-state index contributed by atoms with van der Waals surface area (Å²) in [6, 6.07) is 10.1. The second kappa shape index (κ2) is 4.83. The van der Waals surface area contributed by atoms with Crippen LogP contribution in [0.2, 0.25) is 0 Å². The first-order valence-electron chi connectivity index (χ1n) is 5.13. The van der Waals surface area contributed by atoms with E-state index in [2.05, 4.69) is 11.8 Å². The lowest BCUT2D eigenvalue weighted by Gasteiger charge is -2.16. The van der Waals surface area contributed by atoms with Crippen molar-refractivity contribution in [2.45, 2.75) is 25.4 Å². The molecule has 0 amide bonds. The molecular weight excluding hydrogens is 172 g/mol. The van der Waals surface area contributed by atoms with Crippen molar-refractivity contribution in [1.82, 2.24) is 0 Å². The molecule has 72 valence electrons. The summed E-state index contributed by atoms with van der Waals surface area (Å²) in [5, 5.41) is 0. The van der Waals surface area contributed by atoms with Gasteiger partial charge >= 0.3 is 0 Å². The third-order valence-corrected chi connectivity index (χ3v) is 2.33. The third-order valence-electron chi connectivity index (χ3n) is 2.33. The summed E-state index contributed by atoms with van der Waals surface area (Å²) in [7, 11) is 0. The number of ether oxygens (including phenoxy) is 1. The Bertz CT molecular complexity index is 325. The van der Waals surface area contributed by atoms with E-state index < -0.39 is 0 Å². The molecule has 1 aromatic rings. The first-order valence-corrected chi connectivity index (χ1v) is 5.13. The molecule has 1 saturated heterocycles. The predicted molar refractivity (Wildman–Crippen MR) is 56.9 cm³/mol. The van der Waals surface area contributed by atoms with E-state index >= 15 is 0 Å². The van der Waals surface area contributed by atoms with E-state index in [4.69, 9.17) is 4.74 Å². The van der Waals surface area contributed by atoms with Crippen molar-refractivity contribution in [3.63, 3.8) is 0 Å². The maximum absolute atomic E-state index is 5.53. The van der Waals surface area contributed by atoms with E-state index in [0.29, 0.717) is 0 Å². The van der Waals surface area contributed by atoms with E-state index in [1.54, 1.807) is 0 Å². The summed E-state index contributed by atoms with van der Waals surface area (Å²) < 4.78 is 5.53. The maximum Gasteiger partial charge on any atom is 0.118 e. The Morgan fingerprint density at radius 2 is 2.00 bits per heavy atom. The summed E-state index contributed by atoms with van der Waals surface area (Å²) >= 11 is 0. The first-order chi connectivity index (χ1) is 6.95. The van der Waals surface area contributed by atoms with Crippen molar-refractivity contribution in [1.29, 1.82) is 0 Å². The molecule has 1 aliphatic rings. The van der Waals surface area contributed by atoms with Gasteiger partial charge in [0.15, 0.2) is 0 Å². The van der Waals surface area contributed by atoms with Crippen molar-refractivity contribution >= 4 is 0 Å². The van der Waals surface area contributed by atoms with Crippen LogP contribution in [-0.2, 0) is 4.74 Å². The van der Waals surface area contributed by atoms with Crippen molar-refractivity contribution in [3.8, 4) is 11.8 Å². The molecule has 0 saturated carbocycles. The van der Waals surface area contributed by atoms with Crippen LogP contribution in [0, 0.1) is 11.8 Å². The quantitative estimate of drug-likeness (QED) is 0.566. The standard InChI is InChI=1S/C13H14O/c1-2-6-12(7-3-1)9-10-13-8-4-5-11-14-13/h1-3,6-7,13H,4-5,8,11H2. The van der Waals surface area contributed by atoms with Gasteiger partial charge in [-0.05, 0) is 31.4 Å². The number of rotatable bonds is 0. The molecule has 0 spiro atoms. The SMILES string of the molecule is C(#CC1CCCCO1)c1ccccc1. The van der Waals surface area contributed by atoms with Crippen LogP contribution in [0.1, 0.15) is 24.8 Å². The maximum atomic E-state index is 5.53. The number of hydrogen-bond donors (Lipinski definition) is 0. The molecular formula is C13H14O. The summed E-state index contributed by atoms with van der Waals surface area (Å²) in [6.45, 7) is 0.869. The molecule has 0 bridgehead atoms. The lowest BCUT2D eigenvalue weighted by atomic mass is 10.1. The van der Waals surface area contributed by atoms with Crippen molar-refractivity contribution in [2.75, 3.05) is 6.61 Å². The van der Waals surface area contributed by atoms with E-state index in [1.807, 2.05) is 30.3 Å². The van der Waals surface area contributed by atoms with Gasteiger partial charge in [-0.15, -0.1) is 0 Å². The van der Waals surface area contributed by atoms with Gasteiger partial charge in [0, 0.05) is 12.2 Å². The Hall–Kier alpha value is -1.26. The minimum atomic E-state index is 0.156. The van der Waals surface area contributed by atoms with Crippen LogP contribution in [0.5, 0.6) is 0 Å². The van der Waals surface area contributed by atoms with Crippen LogP contribution in [0.25, 0.3) is 0 Å². The molecule has 1 unspecified atom stereocenters. The van der Waals surface area contributed by atoms with E-state index in [0.717, 1.165) is 18.6 Å². The minimum absolute atomic E-state index is 0.156. The molecule has 0 aromatic heterocycles. The van der Waals surface area contributed by atoms with Gasteiger partial charge in [0.05, 0.1) is 0 Å². The topological polar surface area (TPSA) is 9.23 Å². The van der Waals surface area contributed by atoms with E-state index in [-0.39, 0.29) is 6.10 Å². The molecule has 1 aromatic carbocycles. The van der Waals surface area contributed by atoms with Crippen molar-refractivity contribution in [2.24, 2.45) is 0 Å². The van der Waals surface area contributed by atoms with Crippen molar-refractivity contribution < 1.29 is 4.74 Å². The van der Waals surface area contributed by atoms with Gasteiger partial charge in [0.1, 0.15) is 6.10 Å². The molecule has 1 fully saturated rings. The highest BCUT2D eigenvalue weighted by atomic mass is 16.5. The molecule has 0 N–H and O–H groups in total. The molecule has 1 atom stereocenters. The monoisotopic (exact) mass is 186 g/mol. The fourth-order valence-corrected chi connectivity index (χ4v) is 1.54. The molecule has 2 rings (SSSR count). The van der Waals surface area contributed by atoms with Gasteiger partial charge in [-0.1, -0.05) is 30.0 Å². The molecule has 1 heteroatoms. The van der Waals surface area contributed by atoms with E-state index in [9.17, 15) is 0 Å². The molecule has 1 aliphatic heterocycles. The van der Waals surface area contributed by atoms with Gasteiger partial charge in [0.2, 0.25) is 0 Å². The Morgan fingerprint density at radius 1 is 1.14 bits per heavy atom. The molecule has 0 aliphatic carbocycles. The lowest BCUT2D eigenvalue weighted by molar-refractivity contribution is 0.0526. The Balaban J connectivity index is 1.99. The van der Waals surface area contributed by atoms with Crippen LogP contribution in [0.15, 0.2) is 30.3 Å². The second-order valence-electron chi connectivity index (χ2n) is 3.49. The smallest absolute Gasteiger partial charge is 0.118 e. The van der Waals surface area contributed by atoms with Crippen LogP contribution < -0.4 is 0 Å². The van der Waals surface area contributed by atoms with Crippen LogP contribution >= 0.6 is 0 Å². The fraction of sp³-hybridized carbons (Fsp3) is 0.385. The highest BCUT2D eigenvalue weighted by molar-refractivity contribution is 5.34. The molecule has 1 nitrogen and oxygen atoms in total.